The van der Waals surface area contributed by atoms with E-state index in [1.165, 1.54) is 30.7 Å². The summed E-state index contributed by atoms with van der Waals surface area (Å²) >= 11 is 0. The number of fused-ring (bicyclic) bond motifs is 1. The quantitative estimate of drug-likeness (QED) is 0.246. The van der Waals surface area contributed by atoms with E-state index in [0.717, 1.165) is 30.7 Å². The molecule has 2 aromatic carbocycles. The number of pyridine rings is 2. The van der Waals surface area contributed by atoms with E-state index < -0.39 is 23.3 Å². The van der Waals surface area contributed by atoms with Gasteiger partial charge >= 0.3 is 0 Å². The Kier molecular flexibility index (Phi) is 8.65. The van der Waals surface area contributed by atoms with Crippen LogP contribution in [-0.2, 0) is 0 Å². The van der Waals surface area contributed by atoms with Crippen molar-refractivity contribution in [3.63, 3.8) is 0 Å². The van der Waals surface area contributed by atoms with Crippen LogP contribution in [0.4, 0.5) is 14.5 Å². The molecule has 2 heterocycles. The number of anilines is 1. The highest BCUT2D eigenvalue weighted by Gasteiger charge is 2.19. The molecule has 0 spiro atoms. The lowest BCUT2D eigenvalue weighted by Crippen LogP contribution is -2.14. The fourth-order valence-electron chi connectivity index (χ4n) is 3.80. The molecule has 38 heavy (non-hydrogen) atoms. The highest BCUT2D eigenvalue weighted by molar-refractivity contribution is 6.06. The molecule has 1 amide bonds. The Labute approximate surface area is 219 Å². The monoisotopic (exact) mass is 522 g/mol. The van der Waals surface area contributed by atoms with Gasteiger partial charge in [-0.2, -0.15) is 0 Å². The highest BCUT2D eigenvalue weighted by Crippen LogP contribution is 2.36. The number of aryl methyl sites for hydroxylation is 1. The molecule has 2 aromatic heterocycles. The number of aromatic nitrogens is 2. The summed E-state index contributed by atoms with van der Waals surface area (Å²) in [6.07, 6.45) is 5.14. The van der Waals surface area contributed by atoms with E-state index in [0.29, 0.717) is 35.6 Å². The fraction of sp³-hybridized carbons (Fsp3) is 0.250. The van der Waals surface area contributed by atoms with Crippen molar-refractivity contribution < 1.29 is 27.8 Å². The van der Waals surface area contributed by atoms with Gasteiger partial charge < -0.3 is 24.8 Å². The first-order valence-corrected chi connectivity index (χ1v) is 12.1. The second kappa shape index (κ2) is 12.3. The molecule has 0 bridgehead atoms. The van der Waals surface area contributed by atoms with Gasteiger partial charge in [-0.15, -0.1) is 0 Å². The van der Waals surface area contributed by atoms with Crippen LogP contribution in [0.1, 0.15) is 29.3 Å². The summed E-state index contributed by atoms with van der Waals surface area (Å²) in [6, 6.07) is 8.62. The summed E-state index contributed by atoms with van der Waals surface area (Å²) in [7, 11) is 1.88. The number of carbonyl (C=O) groups is 1. The van der Waals surface area contributed by atoms with Crippen LogP contribution in [0.3, 0.4) is 0 Å². The molecule has 10 heteroatoms. The smallest absolute Gasteiger partial charge is 0.261 e. The fourth-order valence-corrected chi connectivity index (χ4v) is 3.80. The number of amides is 1. The molecular weight excluding hydrogens is 494 g/mol. The number of ether oxygens (including phenoxy) is 3. The largest absolute Gasteiger partial charge is 0.493 e. The number of halogens is 2. The van der Waals surface area contributed by atoms with Crippen LogP contribution in [0.25, 0.3) is 10.9 Å². The molecule has 0 aliphatic heterocycles. The van der Waals surface area contributed by atoms with E-state index in [-0.39, 0.29) is 17.0 Å². The summed E-state index contributed by atoms with van der Waals surface area (Å²) in [5.41, 5.74) is 1.45. The van der Waals surface area contributed by atoms with Crippen molar-refractivity contribution in [3.8, 4) is 23.0 Å². The summed E-state index contributed by atoms with van der Waals surface area (Å²) < 4.78 is 47.0. The number of rotatable bonds is 11. The summed E-state index contributed by atoms with van der Waals surface area (Å²) in [5.74, 6) is -1.97. The standard InChI is InChI=1S/C28H28F2N4O4/c1-4-36-24-6-9-32-16-20(24)28(35)34-18-13-21(29)27(22(30)14-18)38-25-7-10-33-23-15-26(17(2)12-19(23)25)37-11-5-8-31-3/h6-7,9-10,12-16,31H,4-5,8,11H2,1-3H3,(H,34,35). The van der Waals surface area contributed by atoms with Crippen LogP contribution >= 0.6 is 0 Å². The van der Waals surface area contributed by atoms with Gasteiger partial charge in [-0.1, -0.05) is 0 Å². The van der Waals surface area contributed by atoms with Gasteiger partial charge in [-0.25, -0.2) is 8.78 Å². The van der Waals surface area contributed by atoms with Gasteiger partial charge in [0.2, 0.25) is 0 Å². The van der Waals surface area contributed by atoms with E-state index >= 15 is 8.78 Å². The molecule has 0 fully saturated rings. The minimum atomic E-state index is -0.984. The van der Waals surface area contributed by atoms with Gasteiger partial charge in [-0.05, 0) is 57.6 Å². The number of nitrogens with one attached hydrogen (secondary N) is 2. The average molecular weight is 523 g/mol. The predicted molar refractivity (Wildman–Crippen MR) is 140 cm³/mol. The zero-order valence-electron chi connectivity index (χ0n) is 21.3. The summed E-state index contributed by atoms with van der Waals surface area (Å²) in [4.78, 5) is 21.0. The first-order chi connectivity index (χ1) is 18.4. The Bertz CT molecular complexity index is 1430. The molecular formula is C28H28F2N4O4. The number of nitrogens with zero attached hydrogens (tertiary/aromatic N) is 2. The van der Waals surface area contributed by atoms with E-state index in [1.807, 2.05) is 14.0 Å². The molecule has 0 aliphatic carbocycles. The maximum Gasteiger partial charge on any atom is 0.261 e. The molecule has 0 saturated carbocycles. The van der Waals surface area contributed by atoms with Crippen LogP contribution in [-0.4, -0.2) is 42.7 Å². The van der Waals surface area contributed by atoms with Crippen LogP contribution in [0.2, 0.25) is 0 Å². The molecule has 4 rings (SSSR count). The molecule has 0 saturated heterocycles. The van der Waals surface area contributed by atoms with Crippen molar-refractivity contribution in [2.45, 2.75) is 20.3 Å². The normalized spacial score (nSPS) is 10.9. The van der Waals surface area contributed by atoms with Crippen molar-refractivity contribution in [1.82, 2.24) is 15.3 Å². The lowest BCUT2D eigenvalue weighted by atomic mass is 10.1. The van der Waals surface area contributed by atoms with Gasteiger partial charge in [0.15, 0.2) is 17.4 Å². The number of hydrogen-bond donors (Lipinski definition) is 2. The Morgan fingerprint density at radius 1 is 1.00 bits per heavy atom. The highest BCUT2D eigenvalue weighted by atomic mass is 19.1. The first-order valence-electron chi connectivity index (χ1n) is 12.1. The van der Waals surface area contributed by atoms with Crippen LogP contribution in [0.15, 0.2) is 55.0 Å². The lowest BCUT2D eigenvalue weighted by molar-refractivity contribution is 0.102. The van der Waals surface area contributed by atoms with Crippen LogP contribution in [0.5, 0.6) is 23.0 Å². The van der Waals surface area contributed by atoms with E-state index in [2.05, 4.69) is 20.6 Å². The van der Waals surface area contributed by atoms with E-state index in [9.17, 15) is 4.79 Å². The zero-order chi connectivity index (χ0) is 27.1. The first kappa shape index (κ1) is 26.7. The van der Waals surface area contributed by atoms with Crippen molar-refractivity contribution in [1.29, 1.82) is 0 Å². The summed E-state index contributed by atoms with van der Waals surface area (Å²) in [5, 5.41) is 6.11. The molecule has 0 radical (unpaired) electrons. The number of benzene rings is 2. The second-order valence-electron chi connectivity index (χ2n) is 8.38. The third kappa shape index (κ3) is 6.15. The SMILES string of the molecule is CCOc1ccncc1C(=O)Nc1cc(F)c(Oc2ccnc3cc(OCCCNC)c(C)cc23)c(F)c1. The van der Waals surface area contributed by atoms with E-state index in [1.54, 1.807) is 19.1 Å². The lowest BCUT2D eigenvalue weighted by Gasteiger charge is -2.14. The molecule has 8 nitrogen and oxygen atoms in total. The van der Waals surface area contributed by atoms with Gasteiger partial charge in [0, 0.05) is 47.9 Å². The Balaban J connectivity index is 1.55. The minimum Gasteiger partial charge on any atom is -0.493 e. The Hall–Kier alpha value is -4.31. The molecule has 4 aromatic rings. The van der Waals surface area contributed by atoms with Gasteiger partial charge in [-0.3, -0.25) is 14.8 Å². The molecule has 198 valence electrons. The van der Waals surface area contributed by atoms with Crippen molar-refractivity contribution in [2.24, 2.45) is 0 Å². The second-order valence-corrected chi connectivity index (χ2v) is 8.38. The van der Waals surface area contributed by atoms with Crippen LogP contribution in [0, 0.1) is 18.6 Å². The Morgan fingerprint density at radius 3 is 2.50 bits per heavy atom. The van der Waals surface area contributed by atoms with Gasteiger partial charge in [0.05, 0.1) is 24.3 Å². The van der Waals surface area contributed by atoms with Crippen molar-refractivity contribution in [3.05, 3.63) is 77.8 Å². The number of carbonyl (C=O) groups excluding carboxylic acids is 1. The van der Waals surface area contributed by atoms with Crippen molar-refractivity contribution >= 4 is 22.5 Å². The zero-order valence-corrected chi connectivity index (χ0v) is 21.3. The molecule has 0 aliphatic rings. The Morgan fingerprint density at radius 2 is 1.76 bits per heavy atom. The maximum absolute atomic E-state index is 15.0. The minimum absolute atomic E-state index is 0.0841. The van der Waals surface area contributed by atoms with E-state index in [4.69, 9.17) is 14.2 Å². The predicted octanol–water partition coefficient (Wildman–Crippen LogP) is 5.65. The van der Waals surface area contributed by atoms with Gasteiger partial charge in [0.1, 0.15) is 17.2 Å². The average Bonchev–Trinajstić information content (AvgIpc) is 2.89. The third-order valence-electron chi connectivity index (χ3n) is 5.62. The summed E-state index contributed by atoms with van der Waals surface area (Å²) in [6.45, 7) is 5.37. The maximum atomic E-state index is 15.0. The molecule has 2 N–H and O–H groups in total. The van der Waals surface area contributed by atoms with Gasteiger partial charge in [0.25, 0.3) is 5.91 Å². The topological polar surface area (TPSA) is 94.6 Å². The number of hydrogen-bond acceptors (Lipinski definition) is 7. The van der Waals surface area contributed by atoms with Crippen LogP contribution < -0.4 is 24.8 Å². The molecule has 0 unspecified atom stereocenters. The third-order valence-corrected chi connectivity index (χ3v) is 5.62. The van der Waals surface area contributed by atoms with Crippen molar-refractivity contribution in [2.75, 3.05) is 32.1 Å². The molecule has 0 atom stereocenters.